The molecule has 1 aromatic heterocycles. The molecular formula is C15H17Br2NOS. The first-order valence-electron chi connectivity index (χ1n) is 6.53. The van der Waals surface area contributed by atoms with Crippen molar-refractivity contribution >= 4 is 43.2 Å². The third-order valence-electron chi connectivity index (χ3n) is 2.85. The minimum atomic E-state index is 0.681. The zero-order valence-corrected chi connectivity index (χ0v) is 15.3. The number of halogens is 2. The monoisotopic (exact) mass is 417 g/mol. The maximum absolute atomic E-state index is 5.89. The molecule has 20 heavy (non-hydrogen) atoms. The highest BCUT2D eigenvalue weighted by molar-refractivity contribution is 9.11. The van der Waals surface area contributed by atoms with Gasteiger partial charge in [0.2, 0.25) is 0 Å². The standard InChI is InChI=1S/C15H17Br2NOS/c1-2-18-9-12-7-13(16)15(14(17)8-12)19-5-3-11-4-6-20-10-11/h4,6-8,10,18H,2-3,5,9H2,1H3. The minimum absolute atomic E-state index is 0.681. The molecule has 108 valence electrons. The molecule has 0 fully saturated rings. The molecule has 2 aromatic rings. The Balaban J connectivity index is 1.97. The maximum atomic E-state index is 5.89. The van der Waals surface area contributed by atoms with Gasteiger partial charge in [-0.15, -0.1) is 0 Å². The third-order valence-corrected chi connectivity index (χ3v) is 4.76. The summed E-state index contributed by atoms with van der Waals surface area (Å²) in [5.41, 5.74) is 2.56. The molecule has 0 aliphatic carbocycles. The number of benzene rings is 1. The number of rotatable bonds is 7. The molecule has 0 saturated heterocycles. The van der Waals surface area contributed by atoms with Gasteiger partial charge >= 0.3 is 0 Å². The quantitative estimate of drug-likeness (QED) is 0.682. The zero-order chi connectivity index (χ0) is 14.4. The van der Waals surface area contributed by atoms with Gasteiger partial charge in [-0.1, -0.05) is 6.92 Å². The number of hydrogen-bond donors (Lipinski definition) is 1. The SMILES string of the molecule is CCNCc1cc(Br)c(OCCc2ccsc2)c(Br)c1. The number of nitrogens with one attached hydrogen (secondary N) is 1. The largest absolute Gasteiger partial charge is 0.491 e. The van der Waals surface area contributed by atoms with E-state index in [-0.39, 0.29) is 0 Å². The average Bonchev–Trinajstić information content (AvgIpc) is 2.92. The van der Waals surface area contributed by atoms with E-state index in [0.717, 1.165) is 34.2 Å². The molecule has 0 aliphatic rings. The van der Waals surface area contributed by atoms with Crippen LogP contribution < -0.4 is 10.1 Å². The van der Waals surface area contributed by atoms with Crippen LogP contribution in [0.3, 0.4) is 0 Å². The lowest BCUT2D eigenvalue weighted by Gasteiger charge is -2.12. The van der Waals surface area contributed by atoms with Gasteiger partial charge in [-0.2, -0.15) is 11.3 Å². The number of ether oxygens (including phenoxy) is 1. The summed E-state index contributed by atoms with van der Waals surface area (Å²) in [4.78, 5) is 0. The van der Waals surface area contributed by atoms with Crippen LogP contribution in [0.1, 0.15) is 18.1 Å². The van der Waals surface area contributed by atoms with Gasteiger partial charge in [0, 0.05) is 13.0 Å². The van der Waals surface area contributed by atoms with E-state index < -0.39 is 0 Å². The van der Waals surface area contributed by atoms with E-state index in [4.69, 9.17) is 4.74 Å². The van der Waals surface area contributed by atoms with Gasteiger partial charge < -0.3 is 10.1 Å². The van der Waals surface area contributed by atoms with Crippen LogP contribution in [0.2, 0.25) is 0 Å². The van der Waals surface area contributed by atoms with Crippen LogP contribution >= 0.6 is 43.2 Å². The van der Waals surface area contributed by atoms with Crippen LogP contribution in [0.5, 0.6) is 5.75 Å². The molecule has 0 bridgehead atoms. The topological polar surface area (TPSA) is 21.3 Å². The fourth-order valence-electron chi connectivity index (χ4n) is 1.83. The van der Waals surface area contributed by atoms with Gasteiger partial charge in [-0.3, -0.25) is 0 Å². The highest BCUT2D eigenvalue weighted by atomic mass is 79.9. The van der Waals surface area contributed by atoms with Gasteiger partial charge in [-0.05, 0) is 78.5 Å². The molecule has 1 N–H and O–H groups in total. The van der Waals surface area contributed by atoms with Crippen molar-refractivity contribution in [2.24, 2.45) is 0 Å². The van der Waals surface area contributed by atoms with Gasteiger partial charge in [-0.25, -0.2) is 0 Å². The van der Waals surface area contributed by atoms with E-state index in [1.165, 1.54) is 11.1 Å². The summed E-state index contributed by atoms with van der Waals surface area (Å²) in [6.45, 7) is 4.61. The van der Waals surface area contributed by atoms with Crippen molar-refractivity contribution in [1.29, 1.82) is 0 Å². The molecule has 2 nitrogen and oxygen atoms in total. The summed E-state index contributed by atoms with van der Waals surface area (Å²) in [6.07, 6.45) is 0.932. The first-order valence-corrected chi connectivity index (χ1v) is 9.06. The Labute approximate surface area is 140 Å². The minimum Gasteiger partial charge on any atom is -0.491 e. The second-order valence-electron chi connectivity index (χ2n) is 4.40. The molecule has 0 saturated carbocycles. The van der Waals surface area contributed by atoms with Crippen LogP contribution in [0, 0.1) is 0 Å². The van der Waals surface area contributed by atoms with Gasteiger partial charge in [0.05, 0.1) is 15.6 Å². The van der Waals surface area contributed by atoms with Gasteiger partial charge in [0.15, 0.2) is 0 Å². The van der Waals surface area contributed by atoms with Crippen LogP contribution in [0.25, 0.3) is 0 Å². The first-order chi connectivity index (χ1) is 9.70. The van der Waals surface area contributed by atoms with Crippen molar-refractivity contribution in [2.75, 3.05) is 13.2 Å². The van der Waals surface area contributed by atoms with Crippen molar-refractivity contribution in [3.63, 3.8) is 0 Å². The van der Waals surface area contributed by atoms with E-state index in [2.05, 4.69) is 73.1 Å². The summed E-state index contributed by atoms with van der Waals surface area (Å²) in [5, 5.41) is 7.57. The van der Waals surface area contributed by atoms with Crippen LogP contribution in [0.4, 0.5) is 0 Å². The lowest BCUT2D eigenvalue weighted by atomic mass is 10.2. The molecule has 5 heteroatoms. The molecule has 2 rings (SSSR count). The van der Waals surface area contributed by atoms with E-state index in [1.807, 2.05) is 0 Å². The predicted molar refractivity (Wildman–Crippen MR) is 92.7 cm³/mol. The molecule has 1 aromatic carbocycles. The van der Waals surface area contributed by atoms with Crippen LogP contribution in [-0.2, 0) is 13.0 Å². The molecular weight excluding hydrogens is 402 g/mol. The fraction of sp³-hybridized carbons (Fsp3) is 0.333. The van der Waals surface area contributed by atoms with Crippen molar-refractivity contribution in [1.82, 2.24) is 5.32 Å². The van der Waals surface area contributed by atoms with Crippen molar-refractivity contribution in [2.45, 2.75) is 19.9 Å². The normalized spacial score (nSPS) is 10.8. The number of thiophene rings is 1. The molecule has 0 amide bonds. The fourth-order valence-corrected chi connectivity index (χ4v) is 4.04. The van der Waals surface area contributed by atoms with E-state index >= 15 is 0 Å². The molecule has 0 spiro atoms. The Morgan fingerprint density at radius 2 is 1.95 bits per heavy atom. The van der Waals surface area contributed by atoms with Crippen molar-refractivity contribution < 1.29 is 4.74 Å². The molecule has 0 unspecified atom stereocenters. The molecule has 0 atom stereocenters. The Bertz CT molecular complexity index is 520. The van der Waals surface area contributed by atoms with E-state index in [1.54, 1.807) is 11.3 Å². The van der Waals surface area contributed by atoms with Crippen LogP contribution in [0.15, 0.2) is 37.9 Å². The summed E-state index contributed by atoms with van der Waals surface area (Å²) in [7, 11) is 0. The Morgan fingerprint density at radius 1 is 1.20 bits per heavy atom. The predicted octanol–water partition coefficient (Wildman–Crippen LogP) is 5.00. The molecule has 0 aliphatic heterocycles. The van der Waals surface area contributed by atoms with Crippen molar-refractivity contribution in [3.8, 4) is 5.75 Å². The second kappa shape index (κ2) is 8.17. The van der Waals surface area contributed by atoms with E-state index in [9.17, 15) is 0 Å². The van der Waals surface area contributed by atoms with Crippen molar-refractivity contribution in [3.05, 3.63) is 49.0 Å². The maximum Gasteiger partial charge on any atom is 0.147 e. The average molecular weight is 419 g/mol. The number of hydrogen-bond acceptors (Lipinski definition) is 3. The Morgan fingerprint density at radius 3 is 2.55 bits per heavy atom. The summed E-state index contributed by atoms with van der Waals surface area (Å²) < 4.78 is 7.87. The smallest absolute Gasteiger partial charge is 0.147 e. The van der Waals surface area contributed by atoms with E-state index in [0.29, 0.717) is 6.61 Å². The lowest BCUT2D eigenvalue weighted by molar-refractivity contribution is 0.318. The Kier molecular flexibility index (Phi) is 6.55. The van der Waals surface area contributed by atoms with Crippen LogP contribution in [-0.4, -0.2) is 13.2 Å². The summed E-state index contributed by atoms with van der Waals surface area (Å²) in [6, 6.07) is 6.35. The lowest BCUT2D eigenvalue weighted by Crippen LogP contribution is -2.12. The second-order valence-corrected chi connectivity index (χ2v) is 6.89. The van der Waals surface area contributed by atoms with Gasteiger partial charge in [0.25, 0.3) is 0 Å². The zero-order valence-electron chi connectivity index (χ0n) is 11.3. The highest BCUT2D eigenvalue weighted by Crippen LogP contribution is 2.34. The van der Waals surface area contributed by atoms with Gasteiger partial charge in [0.1, 0.15) is 5.75 Å². The third kappa shape index (κ3) is 4.58. The first kappa shape index (κ1) is 16.0. The highest BCUT2D eigenvalue weighted by Gasteiger charge is 2.09. The summed E-state index contributed by atoms with van der Waals surface area (Å²) in [5.74, 6) is 0.875. The molecule has 0 radical (unpaired) electrons. The Hall–Kier alpha value is -0.360. The summed E-state index contributed by atoms with van der Waals surface area (Å²) >= 11 is 8.90. The molecule has 1 heterocycles.